The van der Waals surface area contributed by atoms with Gasteiger partial charge in [0.05, 0.1) is 6.10 Å². The highest BCUT2D eigenvalue weighted by Crippen LogP contribution is 2.28. The minimum atomic E-state index is -1.06. The fourth-order valence-corrected chi connectivity index (χ4v) is 2.10. The molecule has 1 N–H and O–H groups in total. The van der Waals surface area contributed by atoms with Gasteiger partial charge in [0, 0.05) is 11.6 Å². The number of carboxylic acid groups (broad SMARTS) is 1. The van der Waals surface area contributed by atoms with Crippen molar-refractivity contribution in [1.82, 2.24) is 0 Å². The number of hydrogen-bond donors (Lipinski definition) is 1. The van der Waals surface area contributed by atoms with Crippen molar-refractivity contribution in [3.8, 4) is 5.75 Å². The third-order valence-electron chi connectivity index (χ3n) is 2.97. The van der Waals surface area contributed by atoms with Gasteiger partial charge in [0.1, 0.15) is 11.6 Å². The summed E-state index contributed by atoms with van der Waals surface area (Å²) >= 11 is 0. The topological polar surface area (TPSA) is 46.5 Å². The van der Waals surface area contributed by atoms with Crippen LogP contribution < -0.4 is 4.74 Å². The predicted molar refractivity (Wildman–Crippen MR) is 66.0 cm³/mol. The van der Waals surface area contributed by atoms with Gasteiger partial charge in [-0.25, -0.2) is 9.18 Å². The highest BCUT2D eigenvalue weighted by Gasteiger charge is 2.17. The molecule has 0 bridgehead atoms. The van der Waals surface area contributed by atoms with E-state index >= 15 is 0 Å². The predicted octanol–water partition coefficient (Wildman–Crippen LogP) is 3.24. The maximum Gasteiger partial charge on any atom is 0.328 e. The molecule has 4 heteroatoms. The zero-order valence-corrected chi connectivity index (χ0v) is 9.93. The van der Waals surface area contributed by atoms with Crippen molar-refractivity contribution >= 4 is 12.0 Å². The molecule has 1 aromatic carbocycles. The third kappa shape index (κ3) is 3.32. The van der Waals surface area contributed by atoms with Crippen molar-refractivity contribution in [2.45, 2.75) is 31.8 Å². The number of benzene rings is 1. The summed E-state index contributed by atoms with van der Waals surface area (Å²) in [5.41, 5.74) is 0.462. The molecule has 0 radical (unpaired) electrons. The van der Waals surface area contributed by atoms with E-state index in [1.807, 2.05) is 0 Å². The van der Waals surface area contributed by atoms with Crippen molar-refractivity contribution in [2.24, 2.45) is 0 Å². The van der Waals surface area contributed by atoms with Crippen LogP contribution in [0.1, 0.15) is 31.2 Å². The average Bonchev–Trinajstić information content (AvgIpc) is 2.82. The third-order valence-corrected chi connectivity index (χ3v) is 2.97. The Morgan fingerprint density at radius 1 is 1.39 bits per heavy atom. The van der Waals surface area contributed by atoms with Crippen LogP contribution in [-0.2, 0) is 4.79 Å². The van der Waals surface area contributed by atoms with Crippen LogP contribution in [0.4, 0.5) is 4.39 Å². The molecule has 1 aliphatic rings. The Labute approximate surface area is 105 Å². The molecular formula is C14H15FO3. The van der Waals surface area contributed by atoms with Crippen molar-refractivity contribution < 1.29 is 19.0 Å². The van der Waals surface area contributed by atoms with Gasteiger partial charge in [-0.05, 0) is 50.0 Å². The molecule has 0 saturated heterocycles. The summed E-state index contributed by atoms with van der Waals surface area (Å²) in [5, 5.41) is 8.60. The van der Waals surface area contributed by atoms with Crippen LogP contribution in [0.3, 0.4) is 0 Å². The highest BCUT2D eigenvalue weighted by molar-refractivity contribution is 5.85. The second-order valence-corrected chi connectivity index (χ2v) is 4.38. The molecule has 1 fully saturated rings. The lowest BCUT2D eigenvalue weighted by Gasteiger charge is -2.15. The van der Waals surface area contributed by atoms with Crippen molar-refractivity contribution in [3.05, 3.63) is 35.7 Å². The van der Waals surface area contributed by atoms with Crippen LogP contribution in [0.25, 0.3) is 6.08 Å². The molecule has 0 atom stereocenters. The Hall–Kier alpha value is -1.84. The monoisotopic (exact) mass is 250 g/mol. The maximum atomic E-state index is 13.1. The summed E-state index contributed by atoms with van der Waals surface area (Å²) in [5.74, 6) is -0.925. The van der Waals surface area contributed by atoms with E-state index in [0.29, 0.717) is 11.3 Å². The molecule has 0 unspecified atom stereocenters. The summed E-state index contributed by atoms with van der Waals surface area (Å²) in [6, 6.07) is 4.15. The Morgan fingerprint density at radius 2 is 2.11 bits per heavy atom. The lowest BCUT2D eigenvalue weighted by atomic mass is 10.1. The molecule has 0 heterocycles. The van der Waals surface area contributed by atoms with Gasteiger partial charge in [-0.1, -0.05) is 0 Å². The number of rotatable bonds is 4. The van der Waals surface area contributed by atoms with Gasteiger partial charge < -0.3 is 9.84 Å². The summed E-state index contributed by atoms with van der Waals surface area (Å²) in [6.45, 7) is 0. The fraction of sp³-hybridized carbons (Fsp3) is 0.357. The minimum absolute atomic E-state index is 0.160. The van der Waals surface area contributed by atoms with E-state index in [-0.39, 0.29) is 6.10 Å². The molecule has 1 aliphatic carbocycles. The normalized spacial score (nSPS) is 16.3. The van der Waals surface area contributed by atoms with Gasteiger partial charge in [0.15, 0.2) is 0 Å². The van der Waals surface area contributed by atoms with E-state index in [1.54, 1.807) is 6.07 Å². The number of ether oxygens (including phenoxy) is 1. The first kappa shape index (κ1) is 12.6. The smallest absolute Gasteiger partial charge is 0.328 e. The Bertz CT molecular complexity index is 462. The number of carbonyl (C=O) groups is 1. The van der Waals surface area contributed by atoms with Gasteiger partial charge in [0.2, 0.25) is 0 Å². The summed E-state index contributed by atoms with van der Waals surface area (Å²) in [4.78, 5) is 10.5. The van der Waals surface area contributed by atoms with Crippen molar-refractivity contribution in [3.63, 3.8) is 0 Å². The van der Waals surface area contributed by atoms with E-state index in [0.717, 1.165) is 31.8 Å². The Kier molecular flexibility index (Phi) is 3.97. The number of hydrogen-bond acceptors (Lipinski definition) is 2. The first-order valence-electron chi connectivity index (χ1n) is 6.02. The molecule has 0 aromatic heterocycles. The maximum absolute atomic E-state index is 13.1. The number of carboxylic acids is 1. The summed E-state index contributed by atoms with van der Waals surface area (Å²) < 4.78 is 18.9. The van der Waals surface area contributed by atoms with Gasteiger partial charge in [-0.2, -0.15) is 0 Å². The average molecular weight is 250 g/mol. The van der Waals surface area contributed by atoms with Gasteiger partial charge in [-0.3, -0.25) is 0 Å². The molecule has 1 saturated carbocycles. The van der Waals surface area contributed by atoms with Crippen molar-refractivity contribution in [1.29, 1.82) is 0 Å². The second-order valence-electron chi connectivity index (χ2n) is 4.38. The molecule has 0 spiro atoms. The van der Waals surface area contributed by atoms with Crippen molar-refractivity contribution in [2.75, 3.05) is 0 Å². The molecule has 1 aromatic rings. The van der Waals surface area contributed by atoms with Crippen LogP contribution in [0, 0.1) is 5.82 Å². The lowest BCUT2D eigenvalue weighted by molar-refractivity contribution is -0.131. The summed E-state index contributed by atoms with van der Waals surface area (Å²) in [6.07, 6.45) is 6.79. The SMILES string of the molecule is O=C(O)/C=C/c1cc(F)ccc1OC1CCCC1. The molecule has 96 valence electrons. The van der Waals surface area contributed by atoms with E-state index in [1.165, 1.54) is 18.2 Å². The second kappa shape index (κ2) is 5.67. The molecule has 0 aliphatic heterocycles. The summed E-state index contributed by atoms with van der Waals surface area (Å²) in [7, 11) is 0. The molecule has 3 nitrogen and oxygen atoms in total. The van der Waals surface area contributed by atoms with Gasteiger partial charge in [0.25, 0.3) is 0 Å². The molecule has 18 heavy (non-hydrogen) atoms. The first-order chi connectivity index (χ1) is 8.65. The van der Waals surface area contributed by atoms with E-state index < -0.39 is 11.8 Å². The van der Waals surface area contributed by atoms with Crippen LogP contribution in [0.5, 0.6) is 5.75 Å². The number of halogens is 1. The minimum Gasteiger partial charge on any atom is -0.490 e. The van der Waals surface area contributed by atoms with Crippen LogP contribution >= 0.6 is 0 Å². The molecule has 0 amide bonds. The van der Waals surface area contributed by atoms with Gasteiger partial charge in [-0.15, -0.1) is 0 Å². The fourth-order valence-electron chi connectivity index (χ4n) is 2.10. The first-order valence-corrected chi connectivity index (χ1v) is 6.02. The Balaban J connectivity index is 2.19. The highest BCUT2D eigenvalue weighted by atomic mass is 19.1. The standard InChI is InChI=1S/C14H15FO3/c15-11-6-7-13(18-12-3-1-2-4-12)10(9-11)5-8-14(16)17/h5-9,12H,1-4H2,(H,16,17)/b8-5+. The van der Waals surface area contributed by atoms with E-state index in [9.17, 15) is 9.18 Å². The van der Waals surface area contributed by atoms with Crippen LogP contribution in [0.15, 0.2) is 24.3 Å². The largest absolute Gasteiger partial charge is 0.490 e. The number of aliphatic carboxylic acids is 1. The molecular weight excluding hydrogens is 235 g/mol. The van der Waals surface area contributed by atoms with Crippen LogP contribution in [-0.4, -0.2) is 17.2 Å². The lowest BCUT2D eigenvalue weighted by Crippen LogP contribution is -2.11. The quantitative estimate of drug-likeness (QED) is 0.834. The van der Waals surface area contributed by atoms with E-state index in [2.05, 4.69) is 0 Å². The molecule has 2 rings (SSSR count). The zero-order chi connectivity index (χ0) is 13.0. The zero-order valence-electron chi connectivity index (χ0n) is 9.93. The van der Waals surface area contributed by atoms with Gasteiger partial charge >= 0.3 is 5.97 Å². The van der Waals surface area contributed by atoms with Crippen LogP contribution in [0.2, 0.25) is 0 Å². The van der Waals surface area contributed by atoms with E-state index in [4.69, 9.17) is 9.84 Å². The Morgan fingerprint density at radius 3 is 2.78 bits per heavy atom.